The molecule has 0 N–H and O–H groups in total. The molecule has 14 rings (SSSR count). The van der Waals surface area contributed by atoms with Crippen molar-refractivity contribution in [1.29, 1.82) is 0 Å². The summed E-state index contributed by atoms with van der Waals surface area (Å²) in [5.41, 5.74) is 24.8. The minimum absolute atomic E-state index is 0.0899. The molecule has 0 unspecified atom stereocenters. The maximum absolute atomic E-state index is 2.59. The van der Waals surface area contributed by atoms with Gasteiger partial charge in [0.05, 0.1) is 22.4 Å². The average molecular weight is 879 g/mol. The van der Waals surface area contributed by atoms with Gasteiger partial charge in [0.1, 0.15) is 0 Å². The van der Waals surface area contributed by atoms with E-state index in [1.54, 1.807) is 0 Å². The van der Waals surface area contributed by atoms with Crippen LogP contribution in [0, 0.1) is 0 Å². The van der Waals surface area contributed by atoms with Crippen LogP contribution >= 0.6 is 0 Å². The summed E-state index contributed by atoms with van der Waals surface area (Å²) in [6.45, 7) is 4.78. The fraction of sp³-hybridized carbons (Fsp3) is 0.0448. The van der Waals surface area contributed by atoms with Crippen LogP contribution in [0.4, 0.5) is 17.1 Å². The maximum Gasteiger partial charge on any atom is 0.0623 e. The molecule has 0 saturated carbocycles. The van der Waals surface area contributed by atoms with Crippen LogP contribution in [0.2, 0.25) is 0 Å². The fourth-order valence-corrected chi connectivity index (χ4v) is 11.8. The first-order chi connectivity index (χ1) is 34.0. The van der Waals surface area contributed by atoms with Gasteiger partial charge in [-0.05, 0) is 109 Å². The predicted octanol–water partition coefficient (Wildman–Crippen LogP) is 18.4. The highest BCUT2D eigenvalue weighted by atomic mass is 15.1. The zero-order valence-corrected chi connectivity index (χ0v) is 38.5. The zero-order chi connectivity index (χ0) is 45.8. The van der Waals surface area contributed by atoms with Crippen molar-refractivity contribution < 1.29 is 0 Å². The Labute approximate surface area is 402 Å². The monoisotopic (exact) mass is 878 g/mol. The summed E-state index contributed by atoms with van der Waals surface area (Å²) in [5.74, 6) is 0. The molecule has 0 spiro atoms. The molecule has 2 heterocycles. The van der Waals surface area contributed by atoms with Crippen LogP contribution in [0.5, 0.6) is 0 Å². The van der Waals surface area contributed by atoms with Gasteiger partial charge in [0, 0.05) is 49.8 Å². The molecule has 0 bridgehead atoms. The first-order valence-corrected chi connectivity index (χ1v) is 24.1. The summed E-state index contributed by atoms with van der Waals surface area (Å²) in [6, 6.07) is 89.7. The molecule has 69 heavy (non-hydrogen) atoms. The largest absolute Gasteiger partial charge is 0.310 e. The lowest BCUT2D eigenvalue weighted by atomic mass is 9.81. The van der Waals surface area contributed by atoms with Crippen LogP contribution in [-0.4, -0.2) is 4.57 Å². The number of rotatable bonds is 7. The molecule has 2 nitrogen and oxygen atoms in total. The van der Waals surface area contributed by atoms with Crippen LogP contribution in [0.25, 0.3) is 105 Å². The van der Waals surface area contributed by atoms with E-state index in [9.17, 15) is 0 Å². The Kier molecular flexibility index (Phi) is 8.66. The van der Waals surface area contributed by atoms with Crippen molar-refractivity contribution in [3.05, 3.63) is 254 Å². The third-order valence-electron chi connectivity index (χ3n) is 15.1. The Balaban J connectivity index is 0.875. The topological polar surface area (TPSA) is 8.17 Å². The molecule has 324 valence electrons. The van der Waals surface area contributed by atoms with Crippen molar-refractivity contribution in [1.82, 2.24) is 4.57 Å². The van der Waals surface area contributed by atoms with E-state index < -0.39 is 0 Å². The number of fused-ring (bicyclic) bond motifs is 7. The smallest absolute Gasteiger partial charge is 0.0623 e. The van der Waals surface area contributed by atoms with Gasteiger partial charge in [-0.2, -0.15) is 0 Å². The number of para-hydroxylation sites is 3. The Morgan fingerprint density at radius 3 is 1.77 bits per heavy atom. The maximum atomic E-state index is 2.59. The minimum Gasteiger partial charge on any atom is -0.310 e. The van der Waals surface area contributed by atoms with Crippen LogP contribution in [0.15, 0.2) is 243 Å². The van der Waals surface area contributed by atoms with Gasteiger partial charge in [-0.3, -0.25) is 0 Å². The number of hydrogen-bond acceptors (Lipinski definition) is 1. The lowest BCUT2D eigenvalue weighted by molar-refractivity contribution is 0.661. The quantitative estimate of drug-likeness (QED) is 0.155. The first kappa shape index (κ1) is 39.4. The molecular weight excluding hydrogens is 833 g/mol. The van der Waals surface area contributed by atoms with Crippen molar-refractivity contribution in [2.45, 2.75) is 19.3 Å². The highest BCUT2D eigenvalue weighted by Crippen LogP contribution is 2.58. The number of benzene rings is 11. The number of hydrogen-bond donors (Lipinski definition) is 0. The van der Waals surface area contributed by atoms with E-state index in [2.05, 4.69) is 266 Å². The van der Waals surface area contributed by atoms with Crippen molar-refractivity contribution in [3.63, 3.8) is 0 Å². The second kappa shape index (κ2) is 15.2. The van der Waals surface area contributed by atoms with Gasteiger partial charge < -0.3 is 9.47 Å². The van der Waals surface area contributed by atoms with Gasteiger partial charge >= 0.3 is 0 Å². The van der Waals surface area contributed by atoms with Gasteiger partial charge in [-0.15, -0.1) is 0 Å². The molecule has 1 aliphatic carbocycles. The fourth-order valence-electron chi connectivity index (χ4n) is 11.8. The Morgan fingerprint density at radius 1 is 0.333 bits per heavy atom. The van der Waals surface area contributed by atoms with E-state index in [1.807, 2.05) is 0 Å². The second-order valence-corrected chi connectivity index (χ2v) is 19.2. The summed E-state index contributed by atoms with van der Waals surface area (Å²) >= 11 is 0. The van der Waals surface area contributed by atoms with Crippen molar-refractivity contribution in [2.24, 2.45) is 0 Å². The number of nitrogens with zero attached hydrogens (tertiary/aromatic N) is 2. The normalized spacial score (nSPS) is 12.9. The molecule has 1 aliphatic heterocycles. The number of anilines is 3. The second-order valence-electron chi connectivity index (χ2n) is 19.2. The van der Waals surface area contributed by atoms with Gasteiger partial charge in [-0.25, -0.2) is 0 Å². The molecule has 0 amide bonds. The van der Waals surface area contributed by atoms with Crippen LogP contribution in [0.1, 0.15) is 25.0 Å². The third-order valence-corrected chi connectivity index (χ3v) is 15.1. The lowest BCUT2D eigenvalue weighted by Gasteiger charge is -2.28. The third kappa shape index (κ3) is 5.98. The van der Waals surface area contributed by atoms with Crippen molar-refractivity contribution in [2.75, 3.05) is 4.90 Å². The zero-order valence-electron chi connectivity index (χ0n) is 38.5. The number of aromatic nitrogens is 1. The van der Waals surface area contributed by atoms with Crippen molar-refractivity contribution in [3.8, 4) is 72.4 Å². The molecular formula is C67H46N2. The minimum atomic E-state index is -0.0899. The van der Waals surface area contributed by atoms with Gasteiger partial charge in [-0.1, -0.05) is 214 Å². The van der Waals surface area contributed by atoms with Crippen LogP contribution in [0.3, 0.4) is 0 Å². The Morgan fingerprint density at radius 2 is 0.928 bits per heavy atom. The van der Waals surface area contributed by atoms with Crippen LogP contribution < -0.4 is 4.90 Å². The van der Waals surface area contributed by atoms with E-state index in [0.29, 0.717) is 0 Å². The average Bonchev–Trinajstić information content (AvgIpc) is 3.82. The SMILES string of the molecule is CC1(C)c2cccc3c2-c2c1ccc1c4cccc(-c5ccc(-c6ccc(N(c7cccc(-c8ccccc8)c7)c7ccccc7-c7ccc8ccccc8c7)cc6)cc5)c4n(c21)-c1ccccc1-3. The summed E-state index contributed by atoms with van der Waals surface area (Å²) in [6.07, 6.45) is 0. The van der Waals surface area contributed by atoms with E-state index >= 15 is 0 Å². The predicted molar refractivity (Wildman–Crippen MR) is 291 cm³/mol. The molecule has 2 heteroatoms. The van der Waals surface area contributed by atoms with Gasteiger partial charge in [0.2, 0.25) is 0 Å². The molecule has 12 aromatic rings. The summed E-state index contributed by atoms with van der Waals surface area (Å²) < 4.78 is 2.59. The first-order valence-electron chi connectivity index (χ1n) is 24.1. The summed E-state index contributed by atoms with van der Waals surface area (Å²) in [5, 5.41) is 5.06. The Hall–Kier alpha value is -8.72. The molecule has 0 fully saturated rings. The van der Waals surface area contributed by atoms with E-state index in [-0.39, 0.29) is 5.41 Å². The highest BCUT2D eigenvalue weighted by Gasteiger charge is 2.41. The molecule has 1 aromatic heterocycles. The summed E-state index contributed by atoms with van der Waals surface area (Å²) in [7, 11) is 0. The molecule has 2 aliphatic rings. The molecule has 11 aromatic carbocycles. The lowest BCUT2D eigenvalue weighted by Crippen LogP contribution is -2.15. The standard InChI is InChI=1S/C67H46N2/c1-67(2)59-26-14-24-56-55-22-9-11-28-62(55)69-65-54(23-13-25-57(65)58-39-40-60(67)64(63(56)59)66(58)69)47-32-29-45(30-33-47)46-35-37-51(38-36-46)68(52-20-12-19-49(42-52)43-15-4-3-5-16-43)61-27-10-8-21-53(61)50-34-31-44-17-6-7-18-48(44)41-50/h3-42H,1-2H3. The Bertz CT molecular complexity index is 4020. The van der Waals surface area contributed by atoms with Crippen molar-refractivity contribution >= 4 is 49.6 Å². The molecule has 0 radical (unpaired) electrons. The van der Waals surface area contributed by atoms with E-state index in [1.165, 1.54) is 116 Å². The van der Waals surface area contributed by atoms with E-state index in [0.717, 1.165) is 17.1 Å². The molecule has 0 saturated heterocycles. The van der Waals surface area contributed by atoms with E-state index in [4.69, 9.17) is 0 Å². The van der Waals surface area contributed by atoms with Crippen LogP contribution in [-0.2, 0) is 5.41 Å². The van der Waals surface area contributed by atoms with Gasteiger partial charge in [0.15, 0.2) is 0 Å². The molecule has 0 atom stereocenters. The highest BCUT2D eigenvalue weighted by molar-refractivity contribution is 6.21. The summed E-state index contributed by atoms with van der Waals surface area (Å²) in [4.78, 5) is 2.41. The van der Waals surface area contributed by atoms with Gasteiger partial charge in [0.25, 0.3) is 0 Å².